The molecule has 2 aromatic rings. The van der Waals surface area contributed by atoms with Gasteiger partial charge in [0.25, 0.3) is 0 Å². The number of rotatable bonds is 5. The first-order valence-corrected chi connectivity index (χ1v) is 12.5. The van der Waals surface area contributed by atoms with Crippen molar-refractivity contribution in [1.29, 1.82) is 0 Å². The highest BCUT2D eigenvalue weighted by atomic mass is 32.1. The van der Waals surface area contributed by atoms with Gasteiger partial charge in [-0.1, -0.05) is 6.92 Å². The lowest BCUT2D eigenvalue weighted by Crippen LogP contribution is -2.46. The Morgan fingerprint density at radius 2 is 1.97 bits per heavy atom. The Morgan fingerprint density at radius 3 is 2.73 bits per heavy atom. The highest BCUT2D eigenvalue weighted by Gasteiger charge is 2.30. The van der Waals surface area contributed by atoms with E-state index in [1.54, 1.807) is 6.33 Å². The average Bonchev–Trinajstić information content (AvgIpc) is 3.18. The smallest absolute Gasteiger partial charge is 0.225 e. The number of thiophene rings is 1. The molecule has 2 aromatic heterocycles. The molecule has 4 heterocycles. The summed E-state index contributed by atoms with van der Waals surface area (Å²) in [6, 6.07) is 1.30. The molecule has 1 unspecified atom stereocenters. The monoisotopic (exact) mass is 430 g/mol. The van der Waals surface area contributed by atoms with Crippen molar-refractivity contribution in [2.24, 2.45) is 0 Å². The molecule has 7 heteroatoms. The Bertz CT molecular complexity index is 858. The van der Waals surface area contributed by atoms with Crippen molar-refractivity contribution in [3.8, 4) is 5.88 Å². The van der Waals surface area contributed by atoms with E-state index in [0.29, 0.717) is 12.1 Å². The van der Waals surface area contributed by atoms with E-state index < -0.39 is 0 Å². The first-order chi connectivity index (χ1) is 14.7. The summed E-state index contributed by atoms with van der Waals surface area (Å²) in [5, 5.41) is 1.18. The highest BCUT2D eigenvalue weighted by Crippen LogP contribution is 2.39. The van der Waals surface area contributed by atoms with Crippen LogP contribution in [0.25, 0.3) is 10.2 Å². The maximum absolute atomic E-state index is 6.54. The largest absolute Gasteiger partial charge is 0.474 e. The molecule has 3 aliphatic rings. The molecular weight excluding hydrogens is 396 g/mol. The minimum atomic E-state index is 0.269. The van der Waals surface area contributed by atoms with Gasteiger partial charge in [0.15, 0.2) is 0 Å². The Morgan fingerprint density at radius 1 is 1.17 bits per heavy atom. The summed E-state index contributed by atoms with van der Waals surface area (Å²) >= 11 is 1.84. The number of ether oxygens (including phenoxy) is 2. The van der Waals surface area contributed by atoms with Gasteiger partial charge in [-0.3, -0.25) is 9.80 Å². The second-order valence-corrected chi connectivity index (χ2v) is 10.1. The van der Waals surface area contributed by atoms with Gasteiger partial charge in [0, 0.05) is 43.1 Å². The van der Waals surface area contributed by atoms with Gasteiger partial charge in [0.05, 0.1) is 18.6 Å². The Hall–Kier alpha value is -1.28. The number of nitrogens with zero attached hydrogens (tertiary/aromatic N) is 4. The van der Waals surface area contributed by atoms with Crippen molar-refractivity contribution in [3.05, 3.63) is 16.8 Å². The Labute approximate surface area is 183 Å². The molecule has 2 fully saturated rings. The van der Waals surface area contributed by atoms with Crippen molar-refractivity contribution in [1.82, 2.24) is 19.8 Å². The highest BCUT2D eigenvalue weighted by molar-refractivity contribution is 7.18. The SMILES string of the molecule is CCC(C)N1CCc2sc3ncnc(OC4CCC(N5CCOCC5)CC4)c3c2C1. The zero-order valence-corrected chi connectivity index (χ0v) is 19.1. The summed E-state index contributed by atoms with van der Waals surface area (Å²) in [6.45, 7) is 10.7. The van der Waals surface area contributed by atoms with Crippen molar-refractivity contribution < 1.29 is 9.47 Å². The van der Waals surface area contributed by atoms with Crippen molar-refractivity contribution in [2.45, 2.75) is 77.1 Å². The van der Waals surface area contributed by atoms with Crippen LogP contribution in [0.5, 0.6) is 5.88 Å². The Balaban J connectivity index is 1.30. The third-order valence-electron chi connectivity index (χ3n) is 7.32. The number of morpholine rings is 1. The minimum Gasteiger partial charge on any atom is -0.474 e. The fourth-order valence-corrected chi connectivity index (χ4v) is 6.39. The maximum Gasteiger partial charge on any atom is 0.225 e. The molecule has 30 heavy (non-hydrogen) atoms. The summed E-state index contributed by atoms with van der Waals surface area (Å²) in [7, 11) is 0. The van der Waals surface area contributed by atoms with Gasteiger partial charge in [-0.25, -0.2) is 9.97 Å². The molecule has 1 saturated heterocycles. The quantitative estimate of drug-likeness (QED) is 0.718. The van der Waals surface area contributed by atoms with Crippen LogP contribution in [0.4, 0.5) is 0 Å². The fourth-order valence-electron chi connectivity index (χ4n) is 5.26. The normalized spacial score (nSPS) is 27.1. The van der Waals surface area contributed by atoms with E-state index in [2.05, 4.69) is 33.6 Å². The zero-order valence-electron chi connectivity index (χ0n) is 18.3. The topological polar surface area (TPSA) is 50.7 Å². The third kappa shape index (κ3) is 4.09. The number of hydrogen-bond acceptors (Lipinski definition) is 7. The summed E-state index contributed by atoms with van der Waals surface area (Å²) in [4.78, 5) is 17.0. The van der Waals surface area contributed by atoms with Crippen LogP contribution < -0.4 is 4.74 Å². The molecule has 2 aliphatic heterocycles. The van der Waals surface area contributed by atoms with Crippen LogP contribution in [0.2, 0.25) is 0 Å². The van der Waals surface area contributed by atoms with E-state index in [-0.39, 0.29) is 6.10 Å². The first kappa shape index (κ1) is 20.6. The summed E-state index contributed by atoms with van der Waals surface area (Å²) < 4.78 is 12.1. The molecule has 0 amide bonds. The van der Waals surface area contributed by atoms with E-state index in [1.807, 2.05) is 11.3 Å². The van der Waals surface area contributed by atoms with Crippen LogP contribution >= 0.6 is 11.3 Å². The molecule has 0 N–H and O–H groups in total. The maximum atomic E-state index is 6.54. The fraction of sp³-hybridized carbons (Fsp3) is 0.739. The van der Waals surface area contributed by atoms with Gasteiger partial charge in [0.1, 0.15) is 17.3 Å². The lowest BCUT2D eigenvalue weighted by molar-refractivity contribution is -0.00126. The molecule has 1 atom stereocenters. The molecule has 0 aromatic carbocycles. The Kier molecular flexibility index (Phi) is 6.23. The van der Waals surface area contributed by atoms with Gasteiger partial charge in [-0.05, 0) is 51.0 Å². The minimum absolute atomic E-state index is 0.269. The van der Waals surface area contributed by atoms with Gasteiger partial charge >= 0.3 is 0 Å². The van der Waals surface area contributed by atoms with E-state index in [1.165, 1.54) is 35.1 Å². The lowest BCUT2D eigenvalue weighted by Gasteiger charge is -2.38. The van der Waals surface area contributed by atoms with Crippen molar-refractivity contribution >= 4 is 21.6 Å². The van der Waals surface area contributed by atoms with E-state index in [0.717, 1.165) is 69.4 Å². The number of aromatic nitrogens is 2. The van der Waals surface area contributed by atoms with Crippen LogP contribution in [-0.2, 0) is 17.7 Å². The van der Waals surface area contributed by atoms with Crippen LogP contribution in [-0.4, -0.2) is 70.8 Å². The summed E-state index contributed by atoms with van der Waals surface area (Å²) in [5.41, 5.74) is 1.42. The van der Waals surface area contributed by atoms with Crippen molar-refractivity contribution in [3.63, 3.8) is 0 Å². The molecule has 0 radical (unpaired) electrons. The summed E-state index contributed by atoms with van der Waals surface area (Å²) in [6.07, 6.45) is 8.90. The number of hydrogen-bond donors (Lipinski definition) is 0. The average molecular weight is 431 g/mol. The second-order valence-electron chi connectivity index (χ2n) is 9.04. The van der Waals surface area contributed by atoms with Crippen molar-refractivity contribution in [2.75, 3.05) is 32.8 Å². The van der Waals surface area contributed by atoms with E-state index in [4.69, 9.17) is 9.47 Å². The lowest BCUT2D eigenvalue weighted by atomic mass is 9.91. The molecule has 5 rings (SSSR count). The number of fused-ring (bicyclic) bond motifs is 3. The van der Waals surface area contributed by atoms with Gasteiger partial charge in [-0.15, -0.1) is 11.3 Å². The van der Waals surface area contributed by atoms with Gasteiger partial charge in [0.2, 0.25) is 5.88 Å². The first-order valence-electron chi connectivity index (χ1n) is 11.7. The predicted molar refractivity (Wildman–Crippen MR) is 120 cm³/mol. The molecule has 1 saturated carbocycles. The zero-order chi connectivity index (χ0) is 20.5. The van der Waals surface area contributed by atoms with Gasteiger partial charge in [-0.2, -0.15) is 0 Å². The van der Waals surface area contributed by atoms with Crippen LogP contribution in [0.1, 0.15) is 56.4 Å². The summed E-state index contributed by atoms with van der Waals surface area (Å²) in [5.74, 6) is 0.818. The van der Waals surface area contributed by atoms with E-state index in [9.17, 15) is 0 Å². The molecule has 6 nitrogen and oxygen atoms in total. The van der Waals surface area contributed by atoms with Crippen LogP contribution in [0.3, 0.4) is 0 Å². The van der Waals surface area contributed by atoms with E-state index >= 15 is 0 Å². The predicted octanol–water partition coefficient (Wildman–Crippen LogP) is 3.87. The van der Waals surface area contributed by atoms with Gasteiger partial charge < -0.3 is 9.47 Å². The standard InChI is InChI=1S/C23H34N4O2S/c1-3-16(2)27-9-8-20-19(14-27)21-22(24-15-25-23(21)30-20)29-18-6-4-17(5-7-18)26-10-12-28-13-11-26/h15-18H,3-14H2,1-2H3. The molecule has 1 aliphatic carbocycles. The molecular formula is C23H34N4O2S. The third-order valence-corrected chi connectivity index (χ3v) is 8.52. The van der Waals surface area contributed by atoms with Crippen LogP contribution in [0.15, 0.2) is 6.33 Å². The molecule has 0 bridgehead atoms. The second kappa shape index (κ2) is 9.07. The van der Waals surface area contributed by atoms with Crippen LogP contribution in [0, 0.1) is 0 Å². The molecule has 164 valence electrons. The molecule has 0 spiro atoms.